The van der Waals surface area contributed by atoms with Crippen molar-refractivity contribution in [1.82, 2.24) is 10.2 Å². The number of benzene rings is 4. The first-order valence-electron chi connectivity index (χ1n) is 19.2. The standard InChI is InChI=1S/C44H39ClN6O6/c1-44(2)35-19-26(6-12-37(35)50(43(44)56)30-9-5-27(22-46)36(45)21-30)25-3-7-28(8-4-25)49-23-32(24-49)57-31-15-17-48(18-16-31)29-10-11-33-34(20-29)42(55)51(41(33)54)38-13-14-39(52)47-40(38)53/h3-12,19-21,31-32,38H,13-18,23-24H2,1-2H3,(H,47,52,53). The van der Waals surface area contributed by atoms with Gasteiger partial charge in [0.15, 0.2) is 0 Å². The summed E-state index contributed by atoms with van der Waals surface area (Å²) < 4.78 is 6.50. The van der Waals surface area contributed by atoms with Gasteiger partial charge in [-0.25, -0.2) is 0 Å². The first-order chi connectivity index (χ1) is 27.4. The van der Waals surface area contributed by atoms with E-state index < -0.39 is 35.1 Å². The topological polar surface area (TPSA) is 143 Å². The Morgan fingerprint density at radius 2 is 1.44 bits per heavy atom. The van der Waals surface area contributed by atoms with Crippen molar-refractivity contribution in [3.8, 4) is 17.2 Å². The number of carbonyl (C=O) groups is 5. The number of ether oxygens (including phenoxy) is 1. The smallest absolute Gasteiger partial charge is 0.262 e. The molecule has 57 heavy (non-hydrogen) atoms. The predicted molar refractivity (Wildman–Crippen MR) is 214 cm³/mol. The Hall–Kier alpha value is -6.03. The predicted octanol–water partition coefficient (Wildman–Crippen LogP) is 6.11. The fourth-order valence-corrected chi connectivity index (χ4v) is 8.90. The summed E-state index contributed by atoms with van der Waals surface area (Å²) in [4.78, 5) is 71.3. The number of halogens is 1. The maximum Gasteiger partial charge on any atom is 0.262 e. The zero-order chi connectivity index (χ0) is 39.7. The molecule has 3 saturated heterocycles. The zero-order valence-electron chi connectivity index (χ0n) is 31.5. The van der Waals surface area contributed by atoms with Crippen LogP contribution < -0.4 is 20.0 Å². The normalized spacial score (nSPS) is 20.7. The highest BCUT2D eigenvalue weighted by molar-refractivity contribution is 6.32. The van der Waals surface area contributed by atoms with Gasteiger partial charge < -0.3 is 14.5 Å². The molecule has 288 valence electrons. The molecule has 12 nitrogen and oxygen atoms in total. The number of carbonyl (C=O) groups excluding carboxylic acids is 5. The maximum atomic E-state index is 13.7. The van der Waals surface area contributed by atoms with Crippen molar-refractivity contribution in [2.24, 2.45) is 0 Å². The molecule has 4 aromatic rings. The molecule has 1 unspecified atom stereocenters. The first kappa shape index (κ1) is 36.6. The third-order valence-electron chi connectivity index (χ3n) is 12.0. The van der Waals surface area contributed by atoms with E-state index in [4.69, 9.17) is 16.3 Å². The summed E-state index contributed by atoms with van der Waals surface area (Å²) >= 11 is 6.33. The maximum absolute atomic E-state index is 13.7. The van der Waals surface area contributed by atoms with Crippen LogP contribution in [0.25, 0.3) is 11.1 Å². The summed E-state index contributed by atoms with van der Waals surface area (Å²) in [6, 6.07) is 26.0. The Labute approximate surface area is 334 Å². The molecule has 1 atom stereocenters. The van der Waals surface area contributed by atoms with Crippen molar-refractivity contribution < 1.29 is 28.7 Å². The van der Waals surface area contributed by atoms with E-state index in [2.05, 4.69) is 51.5 Å². The molecule has 0 aromatic heterocycles. The molecule has 3 fully saturated rings. The summed E-state index contributed by atoms with van der Waals surface area (Å²) in [6.45, 7) is 6.96. The van der Waals surface area contributed by atoms with Gasteiger partial charge in [0, 0.05) is 44.0 Å². The Kier molecular flexibility index (Phi) is 8.90. The summed E-state index contributed by atoms with van der Waals surface area (Å²) in [5.74, 6) is -2.07. The van der Waals surface area contributed by atoms with Gasteiger partial charge in [-0.05, 0) is 110 Å². The molecule has 5 amide bonds. The lowest BCUT2D eigenvalue weighted by Gasteiger charge is -2.44. The molecule has 5 heterocycles. The van der Waals surface area contributed by atoms with E-state index in [9.17, 15) is 29.2 Å². The van der Waals surface area contributed by atoms with Crippen LogP contribution in [0.4, 0.5) is 22.7 Å². The summed E-state index contributed by atoms with van der Waals surface area (Å²) in [5, 5.41) is 11.8. The third-order valence-corrected chi connectivity index (χ3v) is 12.3. The fourth-order valence-electron chi connectivity index (χ4n) is 8.68. The number of hydrogen-bond acceptors (Lipinski definition) is 9. The van der Waals surface area contributed by atoms with Gasteiger partial charge in [-0.15, -0.1) is 0 Å². The molecule has 5 aliphatic heterocycles. The number of imide groups is 2. The van der Waals surface area contributed by atoms with Crippen LogP contribution in [0.15, 0.2) is 78.9 Å². The van der Waals surface area contributed by atoms with Gasteiger partial charge >= 0.3 is 0 Å². The second kappa shape index (κ2) is 13.9. The lowest BCUT2D eigenvalue weighted by molar-refractivity contribution is -0.136. The van der Waals surface area contributed by atoms with Crippen molar-refractivity contribution in [2.45, 2.75) is 63.2 Å². The molecule has 0 spiro atoms. The lowest BCUT2D eigenvalue weighted by atomic mass is 9.84. The second-order valence-electron chi connectivity index (χ2n) is 15.8. The van der Waals surface area contributed by atoms with E-state index in [1.807, 2.05) is 32.0 Å². The Morgan fingerprint density at radius 1 is 0.754 bits per heavy atom. The zero-order valence-corrected chi connectivity index (χ0v) is 32.2. The Morgan fingerprint density at radius 3 is 2.14 bits per heavy atom. The molecule has 9 rings (SSSR count). The minimum absolute atomic E-state index is 0.0528. The van der Waals surface area contributed by atoms with Gasteiger partial charge in [-0.1, -0.05) is 29.8 Å². The Bertz CT molecular complexity index is 2430. The van der Waals surface area contributed by atoms with Gasteiger partial charge in [0.05, 0.1) is 50.7 Å². The van der Waals surface area contributed by atoms with Gasteiger partial charge in [0.25, 0.3) is 11.8 Å². The van der Waals surface area contributed by atoms with Crippen molar-refractivity contribution in [3.63, 3.8) is 0 Å². The fraction of sp³-hybridized carbons (Fsp3) is 0.318. The number of piperidine rings is 2. The van der Waals surface area contributed by atoms with Crippen LogP contribution in [-0.2, 0) is 24.5 Å². The van der Waals surface area contributed by atoms with E-state index in [1.165, 1.54) is 0 Å². The quantitative estimate of drug-likeness (QED) is 0.220. The second-order valence-corrected chi connectivity index (χ2v) is 16.3. The van der Waals surface area contributed by atoms with Crippen molar-refractivity contribution in [3.05, 3.63) is 106 Å². The number of amides is 5. The first-order valence-corrected chi connectivity index (χ1v) is 19.6. The van der Waals surface area contributed by atoms with Crippen LogP contribution in [0.5, 0.6) is 0 Å². The average Bonchev–Trinajstić information content (AvgIpc) is 3.56. The molecule has 0 saturated carbocycles. The van der Waals surface area contributed by atoms with Crippen LogP contribution in [0.3, 0.4) is 0 Å². The molecule has 0 bridgehead atoms. The minimum Gasteiger partial charge on any atom is -0.371 e. The number of rotatable bonds is 7. The van der Waals surface area contributed by atoms with Crippen molar-refractivity contribution >= 4 is 63.9 Å². The summed E-state index contributed by atoms with van der Waals surface area (Å²) in [6.07, 6.45) is 2.13. The van der Waals surface area contributed by atoms with E-state index >= 15 is 0 Å². The average molecular weight is 783 g/mol. The van der Waals surface area contributed by atoms with Gasteiger partial charge in [0.2, 0.25) is 17.7 Å². The highest BCUT2D eigenvalue weighted by atomic mass is 35.5. The van der Waals surface area contributed by atoms with Crippen LogP contribution >= 0.6 is 11.6 Å². The molecule has 1 N–H and O–H groups in total. The van der Waals surface area contributed by atoms with Crippen LogP contribution in [0.2, 0.25) is 5.02 Å². The highest BCUT2D eigenvalue weighted by Crippen LogP contribution is 2.47. The number of anilines is 4. The van der Waals surface area contributed by atoms with E-state index in [0.29, 0.717) is 16.3 Å². The number of nitrogens with zero attached hydrogens (tertiary/aromatic N) is 5. The molecule has 0 aliphatic carbocycles. The highest BCUT2D eigenvalue weighted by Gasteiger charge is 2.46. The largest absolute Gasteiger partial charge is 0.371 e. The SMILES string of the molecule is CC1(C)C(=O)N(c2ccc(C#N)c(Cl)c2)c2ccc(-c3ccc(N4CC(OC5CCN(c6ccc7c(c6)C(=O)N(C6CCC(=O)NC6=O)C7=O)CC5)C4)cc3)cc21. The van der Waals surface area contributed by atoms with Gasteiger partial charge in [-0.2, -0.15) is 5.26 Å². The summed E-state index contributed by atoms with van der Waals surface area (Å²) in [7, 11) is 0. The monoisotopic (exact) mass is 782 g/mol. The van der Waals surface area contributed by atoms with E-state index in [1.54, 1.807) is 35.2 Å². The van der Waals surface area contributed by atoms with Crippen LogP contribution in [0, 0.1) is 11.3 Å². The molecule has 13 heteroatoms. The van der Waals surface area contributed by atoms with E-state index in [0.717, 1.165) is 77.7 Å². The summed E-state index contributed by atoms with van der Waals surface area (Å²) in [5.41, 5.74) is 6.59. The van der Waals surface area contributed by atoms with Gasteiger partial charge in [-0.3, -0.25) is 39.1 Å². The van der Waals surface area contributed by atoms with Crippen molar-refractivity contribution in [2.75, 3.05) is 40.9 Å². The molecule has 5 aliphatic rings. The number of fused-ring (bicyclic) bond motifs is 2. The Balaban J connectivity index is 0.787. The van der Waals surface area contributed by atoms with Crippen LogP contribution in [-0.4, -0.2) is 78.9 Å². The molecule has 0 radical (unpaired) electrons. The molecular weight excluding hydrogens is 744 g/mol. The van der Waals surface area contributed by atoms with Crippen LogP contribution in [0.1, 0.15) is 71.4 Å². The van der Waals surface area contributed by atoms with Gasteiger partial charge in [0.1, 0.15) is 12.1 Å². The molecular formula is C44H39ClN6O6. The lowest BCUT2D eigenvalue weighted by Crippen LogP contribution is -2.54. The number of nitrogens with one attached hydrogen (secondary N) is 1. The molecule has 4 aromatic carbocycles. The number of hydrogen-bond donors (Lipinski definition) is 1. The third kappa shape index (κ3) is 6.22. The van der Waals surface area contributed by atoms with Crippen molar-refractivity contribution in [1.29, 1.82) is 5.26 Å². The minimum atomic E-state index is -0.984. The number of nitriles is 1. The van der Waals surface area contributed by atoms with E-state index in [-0.39, 0.29) is 42.1 Å².